The first-order valence-electron chi connectivity index (χ1n) is 4.81. The fourth-order valence-corrected chi connectivity index (χ4v) is 1.34. The number of nitrogens with one attached hydrogen (secondary N) is 1. The molecule has 0 amide bonds. The van der Waals surface area contributed by atoms with Crippen LogP contribution in [0.3, 0.4) is 0 Å². The van der Waals surface area contributed by atoms with Crippen LogP contribution in [0.5, 0.6) is 0 Å². The Balaban J connectivity index is 2.87. The summed E-state index contributed by atoms with van der Waals surface area (Å²) in [7, 11) is 0. The molecular weight excluding hydrogens is 214 g/mol. The van der Waals surface area contributed by atoms with E-state index in [0.29, 0.717) is 18.8 Å². The van der Waals surface area contributed by atoms with Gasteiger partial charge in [0.15, 0.2) is 0 Å². The summed E-state index contributed by atoms with van der Waals surface area (Å²) in [5.41, 5.74) is 0.316. The van der Waals surface area contributed by atoms with Crippen LogP contribution in [-0.2, 0) is 6.54 Å². The van der Waals surface area contributed by atoms with E-state index in [-0.39, 0.29) is 10.6 Å². The predicted octanol–water partition coefficient (Wildman–Crippen LogP) is 1.90. The van der Waals surface area contributed by atoms with Gasteiger partial charge < -0.3 is 5.32 Å². The van der Waals surface area contributed by atoms with E-state index in [1.807, 2.05) is 6.92 Å². The molecule has 0 aromatic carbocycles. The highest BCUT2D eigenvalue weighted by Crippen LogP contribution is 2.14. The quantitative estimate of drug-likeness (QED) is 0.618. The van der Waals surface area contributed by atoms with E-state index in [1.54, 1.807) is 12.3 Å². The van der Waals surface area contributed by atoms with Crippen molar-refractivity contribution in [3.05, 3.63) is 34.2 Å². The molecular formula is C10H14ClN3O. The molecule has 1 N–H and O–H groups in total. The van der Waals surface area contributed by atoms with E-state index in [1.165, 1.54) is 4.68 Å². The highest BCUT2D eigenvalue weighted by atomic mass is 35.5. The van der Waals surface area contributed by atoms with Crippen LogP contribution >= 0.6 is 11.6 Å². The maximum atomic E-state index is 11.6. The molecule has 0 spiro atoms. The molecule has 0 unspecified atom stereocenters. The second-order valence-electron chi connectivity index (χ2n) is 3.00. The first kappa shape index (κ1) is 11.8. The molecule has 0 aliphatic rings. The number of anilines is 1. The lowest BCUT2D eigenvalue weighted by Crippen LogP contribution is -2.23. The maximum Gasteiger partial charge on any atom is 0.287 e. The van der Waals surface area contributed by atoms with E-state index in [9.17, 15) is 4.79 Å². The van der Waals surface area contributed by atoms with E-state index in [4.69, 9.17) is 11.6 Å². The van der Waals surface area contributed by atoms with Crippen molar-refractivity contribution >= 4 is 17.3 Å². The van der Waals surface area contributed by atoms with Gasteiger partial charge in [-0.2, -0.15) is 5.10 Å². The van der Waals surface area contributed by atoms with Crippen molar-refractivity contribution in [3.63, 3.8) is 0 Å². The van der Waals surface area contributed by atoms with Crippen molar-refractivity contribution in [2.75, 3.05) is 11.9 Å². The largest absolute Gasteiger partial charge is 0.382 e. The fourth-order valence-electron chi connectivity index (χ4n) is 1.12. The second kappa shape index (κ2) is 5.56. The SMILES string of the molecule is C=CCCNc1cnn(CC)c(=O)c1Cl. The van der Waals surface area contributed by atoms with Crippen LogP contribution in [0.1, 0.15) is 13.3 Å². The van der Waals surface area contributed by atoms with Crippen LogP contribution in [0.25, 0.3) is 0 Å². The zero-order valence-electron chi connectivity index (χ0n) is 8.66. The lowest BCUT2D eigenvalue weighted by atomic mass is 10.4. The first-order chi connectivity index (χ1) is 7.20. The zero-order chi connectivity index (χ0) is 11.3. The number of aryl methyl sites for hydroxylation is 1. The summed E-state index contributed by atoms with van der Waals surface area (Å²) < 4.78 is 1.32. The Morgan fingerprint density at radius 3 is 3.07 bits per heavy atom. The van der Waals surface area contributed by atoms with Crippen molar-refractivity contribution < 1.29 is 0 Å². The lowest BCUT2D eigenvalue weighted by Gasteiger charge is -2.07. The van der Waals surface area contributed by atoms with Crippen LogP contribution in [0.4, 0.5) is 5.69 Å². The van der Waals surface area contributed by atoms with Crippen molar-refractivity contribution in [1.29, 1.82) is 0 Å². The van der Waals surface area contributed by atoms with Gasteiger partial charge in [0.05, 0.1) is 11.9 Å². The first-order valence-corrected chi connectivity index (χ1v) is 5.18. The summed E-state index contributed by atoms with van der Waals surface area (Å²) in [6.45, 7) is 6.66. The van der Waals surface area contributed by atoms with E-state index < -0.39 is 0 Å². The summed E-state index contributed by atoms with van der Waals surface area (Å²) in [5.74, 6) is 0. The van der Waals surface area contributed by atoms with Gasteiger partial charge in [-0.15, -0.1) is 6.58 Å². The molecule has 0 atom stereocenters. The molecule has 1 aromatic heterocycles. The predicted molar refractivity (Wildman–Crippen MR) is 62.5 cm³/mol. The minimum absolute atomic E-state index is 0.191. The topological polar surface area (TPSA) is 46.9 Å². The fraction of sp³-hybridized carbons (Fsp3) is 0.400. The Bertz CT molecular complexity index is 400. The third kappa shape index (κ3) is 2.83. The Labute approximate surface area is 93.6 Å². The van der Waals surface area contributed by atoms with Crippen LogP contribution in [0.15, 0.2) is 23.6 Å². The number of rotatable bonds is 5. The molecule has 0 aliphatic carbocycles. The number of halogens is 1. The molecule has 1 rings (SSSR count). The molecule has 15 heavy (non-hydrogen) atoms. The smallest absolute Gasteiger partial charge is 0.287 e. The van der Waals surface area contributed by atoms with Gasteiger partial charge in [0.1, 0.15) is 5.02 Å². The van der Waals surface area contributed by atoms with Crippen molar-refractivity contribution in [1.82, 2.24) is 9.78 Å². The van der Waals surface area contributed by atoms with Gasteiger partial charge in [0.25, 0.3) is 5.56 Å². The van der Waals surface area contributed by atoms with Gasteiger partial charge >= 0.3 is 0 Å². The molecule has 5 heteroatoms. The molecule has 0 fully saturated rings. The van der Waals surface area contributed by atoms with Crippen molar-refractivity contribution in [3.8, 4) is 0 Å². The summed E-state index contributed by atoms with van der Waals surface area (Å²) in [5, 5.41) is 7.19. The van der Waals surface area contributed by atoms with Crippen LogP contribution in [0, 0.1) is 0 Å². The summed E-state index contributed by atoms with van der Waals surface area (Å²) in [6.07, 6.45) is 4.17. The van der Waals surface area contributed by atoms with Gasteiger partial charge in [0.2, 0.25) is 0 Å². The van der Waals surface area contributed by atoms with Crippen molar-refractivity contribution in [2.45, 2.75) is 19.9 Å². The van der Waals surface area contributed by atoms with E-state index in [0.717, 1.165) is 6.42 Å². The normalized spacial score (nSPS) is 10.0. The lowest BCUT2D eigenvalue weighted by molar-refractivity contribution is 0.616. The minimum Gasteiger partial charge on any atom is -0.382 e. The number of hydrogen-bond acceptors (Lipinski definition) is 3. The molecule has 0 bridgehead atoms. The van der Waals surface area contributed by atoms with Gasteiger partial charge in [-0.05, 0) is 13.3 Å². The number of hydrogen-bond donors (Lipinski definition) is 1. The van der Waals surface area contributed by atoms with Gasteiger partial charge in [0, 0.05) is 13.1 Å². The third-order valence-electron chi connectivity index (χ3n) is 1.95. The van der Waals surface area contributed by atoms with E-state index >= 15 is 0 Å². The number of nitrogens with zero attached hydrogens (tertiary/aromatic N) is 2. The van der Waals surface area contributed by atoms with Crippen LogP contribution < -0.4 is 10.9 Å². The second-order valence-corrected chi connectivity index (χ2v) is 3.38. The molecule has 0 aliphatic heterocycles. The molecule has 1 heterocycles. The molecule has 0 saturated heterocycles. The molecule has 82 valence electrons. The standard InChI is InChI=1S/C10H14ClN3O/c1-3-5-6-12-8-7-13-14(4-2)10(15)9(8)11/h3,7,12H,1,4-6H2,2H3. The molecule has 0 radical (unpaired) electrons. The monoisotopic (exact) mass is 227 g/mol. The average molecular weight is 228 g/mol. The molecule has 1 aromatic rings. The van der Waals surface area contributed by atoms with Gasteiger partial charge in [-0.25, -0.2) is 4.68 Å². The Morgan fingerprint density at radius 2 is 2.47 bits per heavy atom. The molecule has 4 nitrogen and oxygen atoms in total. The minimum atomic E-state index is -0.261. The highest BCUT2D eigenvalue weighted by molar-refractivity contribution is 6.32. The van der Waals surface area contributed by atoms with E-state index in [2.05, 4.69) is 17.0 Å². The summed E-state index contributed by atoms with van der Waals surface area (Å²) in [4.78, 5) is 11.6. The van der Waals surface area contributed by atoms with Crippen LogP contribution in [-0.4, -0.2) is 16.3 Å². The summed E-state index contributed by atoms with van der Waals surface area (Å²) >= 11 is 5.89. The molecule has 0 saturated carbocycles. The Morgan fingerprint density at radius 1 is 1.73 bits per heavy atom. The number of aromatic nitrogens is 2. The maximum absolute atomic E-state index is 11.6. The van der Waals surface area contributed by atoms with Gasteiger partial charge in [-0.3, -0.25) is 4.79 Å². The van der Waals surface area contributed by atoms with Crippen LogP contribution in [0.2, 0.25) is 5.02 Å². The Hall–Kier alpha value is -1.29. The van der Waals surface area contributed by atoms with Gasteiger partial charge in [-0.1, -0.05) is 17.7 Å². The zero-order valence-corrected chi connectivity index (χ0v) is 9.42. The highest BCUT2D eigenvalue weighted by Gasteiger charge is 2.06. The third-order valence-corrected chi connectivity index (χ3v) is 2.31. The average Bonchev–Trinajstić information content (AvgIpc) is 2.25. The Kier molecular flexibility index (Phi) is 4.37. The summed E-state index contributed by atoms with van der Waals surface area (Å²) in [6, 6.07) is 0. The van der Waals surface area contributed by atoms with Crippen molar-refractivity contribution in [2.24, 2.45) is 0 Å².